The van der Waals surface area contributed by atoms with Crippen LogP contribution in [0.2, 0.25) is 0 Å². The first-order valence-electron chi connectivity index (χ1n) is 5.57. The van der Waals surface area contributed by atoms with Crippen molar-refractivity contribution in [3.63, 3.8) is 0 Å². The molecule has 1 aromatic carbocycles. The van der Waals surface area contributed by atoms with Crippen molar-refractivity contribution < 1.29 is 27.0 Å². The highest BCUT2D eigenvalue weighted by molar-refractivity contribution is 7.87. The van der Waals surface area contributed by atoms with E-state index in [-0.39, 0.29) is 23.5 Å². The molecule has 0 bridgehead atoms. The number of carboxylic acids is 1. The van der Waals surface area contributed by atoms with Gasteiger partial charge in [-0.25, -0.2) is 4.79 Å². The van der Waals surface area contributed by atoms with Crippen LogP contribution < -0.4 is 10.6 Å². The van der Waals surface area contributed by atoms with Crippen LogP contribution >= 0.6 is 0 Å². The lowest BCUT2D eigenvalue weighted by atomic mass is 10.1. The van der Waals surface area contributed by atoms with Crippen LogP contribution in [0, 0.1) is 0 Å². The molecule has 2 rings (SSSR count). The normalized spacial score (nSPS) is 19.4. The molecule has 7 nitrogen and oxygen atoms in total. The summed E-state index contributed by atoms with van der Waals surface area (Å²) in [7, 11) is -4.84. The Morgan fingerprint density at radius 1 is 1.45 bits per heavy atom. The van der Waals surface area contributed by atoms with Gasteiger partial charge in [0, 0.05) is 13.0 Å². The lowest BCUT2D eigenvalue weighted by molar-refractivity contribution is -0.117. The van der Waals surface area contributed by atoms with Crippen LogP contribution in [-0.4, -0.2) is 37.2 Å². The first kappa shape index (κ1) is 14.3. The van der Waals surface area contributed by atoms with Crippen LogP contribution in [0.25, 0.3) is 0 Å². The average molecular weight is 302 g/mol. The van der Waals surface area contributed by atoms with Crippen LogP contribution in [0.3, 0.4) is 0 Å². The molecule has 0 spiro atoms. The molecule has 20 heavy (non-hydrogen) atoms. The SMILES string of the molecule is Nc1ccc(C(=O)O)cc1N1CC(S(=O)(=O)F)CC1=O. The van der Waals surface area contributed by atoms with Gasteiger partial charge in [0.25, 0.3) is 0 Å². The number of rotatable bonds is 3. The van der Waals surface area contributed by atoms with E-state index in [0.717, 1.165) is 11.0 Å². The van der Waals surface area contributed by atoms with Crippen LogP contribution in [0.15, 0.2) is 18.2 Å². The number of hydrogen-bond acceptors (Lipinski definition) is 5. The molecule has 0 aromatic heterocycles. The average Bonchev–Trinajstić information content (AvgIpc) is 2.71. The van der Waals surface area contributed by atoms with Gasteiger partial charge < -0.3 is 15.7 Å². The molecule has 1 atom stereocenters. The number of halogens is 1. The summed E-state index contributed by atoms with van der Waals surface area (Å²) in [5, 5.41) is 7.43. The van der Waals surface area contributed by atoms with E-state index in [1.807, 2.05) is 0 Å². The van der Waals surface area contributed by atoms with Crippen LogP contribution in [-0.2, 0) is 15.0 Å². The highest BCUT2D eigenvalue weighted by atomic mass is 32.3. The van der Waals surface area contributed by atoms with E-state index in [0.29, 0.717) is 0 Å². The summed E-state index contributed by atoms with van der Waals surface area (Å²) in [5.74, 6) is -1.84. The van der Waals surface area contributed by atoms with Crippen LogP contribution in [0.4, 0.5) is 15.3 Å². The van der Waals surface area contributed by atoms with Gasteiger partial charge in [0.1, 0.15) is 5.25 Å². The first-order valence-corrected chi connectivity index (χ1v) is 7.01. The quantitative estimate of drug-likeness (QED) is 0.615. The highest BCUT2D eigenvalue weighted by Gasteiger charge is 2.39. The van der Waals surface area contributed by atoms with Crippen molar-refractivity contribution in [2.45, 2.75) is 11.7 Å². The summed E-state index contributed by atoms with van der Waals surface area (Å²) >= 11 is 0. The molecule has 1 aromatic rings. The molecule has 1 aliphatic rings. The molecule has 0 saturated carbocycles. The number of amides is 1. The molecule has 1 unspecified atom stereocenters. The highest BCUT2D eigenvalue weighted by Crippen LogP contribution is 2.31. The molecule has 1 saturated heterocycles. The maximum absolute atomic E-state index is 12.9. The van der Waals surface area contributed by atoms with Crippen LogP contribution in [0.1, 0.15) is 16.8 Å². The summed E-state index contributed by atoms with van der Waals surface area (Å²) in [4.78, 5) is 23.6. The number of carbonyl (C=O) groups excluding carboxylic acids is 1. The number of carboxylic acid groups (broad SMARTS) is 1. The summed E-state index contributed by atoms with van der Waals surface area (Å²) < 4.78 is 34.6. The summed E-state index contributed by atoms with van der Waals surface area (Å²) in [6.45, 7) is -0.384. The zero-order chi connectivity index (χ0) is 15.1. The van der Waals surface area contributed by atoms with Crippen molar-refractivity contribution in [2.75, 3.05) is 17.2 Å². The Labute approximate surface area is 114 Å². The van der Waals surface area contributed by atoms with Gasteiger partial charge in [0.15, 0.2) is 0 Å². The summed E-state index contributed by atoms with van der Waals surface area (Å²) in [5.41, 5.74) is 5.73. The molecule has 1 aliphatic heterocycles. The van der Waals surface area contributed by atoms with Crippen molar-refractivity contribution in [3.8, 4) is 0 Å². The monoisotopic (exact) mass is 302 g/mol. The van der Waals surface area contributed by atoms with Crippen LogP contribution in [0.5, 0.6) is 0 Å². The Morgan fingerprint density at radius 3 is 2.60 bits per heavy atom. The number of anilines is 2. The zero-order valence-electron chi connectivity index (χ0n) is 10.1. The van der Waals surface area contributed by atoms with E-state index in [4.69, 9.17) is 10.8 Å². The molecule has 9 heteroatoms. The molecule has 1 heterocycles. The second-order valence-electron chi connectivity index (χ2n) is 4.38. The largest absolute Gasteiger partial charge is 0.478 e. The lowest BCUT2D eigenvalue weighted by Gasteiger charge is -2.18. The maximum Gasteiger partial charge on any atom is 0.335 e. The van der Waals surface area contributed by atoms with Crippen molar-refractivity contribution in [1.82, 2.24) is 0 Å². The van der Waals surface area contributed by atoms with E-state index < -0.39 is 33.8 Å². The standard InChI is InChI=1S/C11H11FN2O5S/c12-20(18,19)7-4-10(15)14(5-7)9-3-6(11(16)17)1-2-8(9)13/h1-3,7H,4-5,13H2,(H,16,17). The third-order valence-corrected chi connectivity index (χ3v) is 4.17. The maximum atomic E-state index is 12.9. The molecule has 0 aliphatic carbocycles. The third-order valence-electron chi connectivity index (χ3n) is 3.06. The van der Waals surface area contributed by atoms with Gasteiger partial charge in [-0.05, 0) is 18.2 Å². The molecular formula is C11H11FN2O5S. The van der Waals surface area contributed by atoms with Gasteiger partial charge in [-0.15, -0.1) is 3.89 Å². The fourth-order valence-electron chi connectivity index (χ4n) is 2.01. The minimum atomic E-state index is -4.84. The summed E-state index contributed by atoms with van der Waals surface area (Å²) in [6, 6.07) is 3.71. The number of carbonyl (C=O) groups is 2. The number of nitrogens with zero attached hydrogens (tertiary/aromatic N) is 1. The van der Waals surface area contributed by atoms with E-state index in [2.05, 4.69) is 0 Å². The molecule has 3 N–H and O–H groups in total. The topological polar surface area (TPSA) is 118 Å². The Bertz CT molecular complexity index is 688. The van der Waals surface area contributed by atoms with E-state index in [1.165, 1.54) is 12.1 Å². The van der Waals surface area contributed by atoms with Crippen molar-refractivity contribution in [3.05, 3.63) is 23.8 Å². The van der Waals surface area contributed by atoms with Gasteiger partial charge in [-0.3, -0.25) is 4.79 Å². The fraction of sp³-hybridized carbons (Fsp3) is 0.273. The number of hydrogen-bond donors (Lipinski definition) is 2. The molecule has 1 fully saturated rings. The Balaban J connectivity index is 2.40. The predicted octanol–water partition coefficient (Wildman–Crippen LogP) is 0.372. The Morgan fingerprint density at radius 2 is 2.10 bits per heavy atom. The number of nitrogens with two attached hydrogens (primary N) is 1. The molecular weight excluding hydrogens is 291 g/mol. The molecule has 108 valence electrons. The van der Waals surface area contributed by atoms with Crippen molar-refractivity contribution >= 4 is 33.5 Å². The Kier molecular flexibility index (Phi) is 3.38. The Hall–Kier alpha value is -2.16. The van der Waals surface area contributed by atoms with E-state index in [9.17, 15) is 21.9 Å². The van der Waals surface area contributed by atoms with E-state index in [1.54, 1.807) is 0 Å². The smallest absolute Gasteiger partial charge is 0.335 e. The number of aromatic carboxylic acids is 1. The molecule has 1 amide bonds. The van der Waals surface area contributed by atoms with Crippen molar-refractivity contribution in [1.29, 1.82) is 0 Å². The van der Waals surface area contributed by atoms with E-state index >= 15 is 0 Å². The van der Waals surface area contributed by atoms with Gasteiger partial charge in [0.05, 0.1) is 16.9 Å². The summed E-state index contributed by atoms with van der Waals surface area (Å²) in [6.07, 6.45) is -0.491. The van der Waals surface area contributed by atoms with Gasteiger partial charge >= 0.3 is 16.2 Å². The minimum Gasteiger partial charge on any atom is -0.478 e. The first-order chi connectivity index (χ1) is 9.20. The second-order valence-corrected chi connectivity index (χ2v) is 6.00. The zero-order valence-corrected chi connectivity index (χ0v) is 10.9. The number of nitrogen functional groups attached to an aromatic ring is 1. The van der Waals surface area contributed by atoms with Gasteiger partial charge in [0.2, 0.25) is 5.91 Å². The number of benzene rings is 1. The fourth-order valence-corrected chi connectivity index (χ4v) is 2.68. The lowest BCUT2D eigenvalue weighted by Crippen LogP contribution is -2.27. The third kappa shape index (κ3) is 2.57. The predicted molar refractivity (Wildman–Crippen MR) is 68.6 cm³/mol. The van der Waals surface area contributed by atoms with Crippen molar-refractivity contribution in [2.24, 2.45) is 0 Å². The minimum absolute atomic E-state index is 0.0704. The van der Waals surface area contributed by atoms with Gasteiger partial charge in [-0.1, -0.05) is 0 Å². The molecule has 0 radical (unpaired) electrons. The van der Waals surface area contributed by atoms with Gasteiger partial charge in [-0.2, -0.15) is 8.42 Å². The second kappa shape index (κ2) is 4.75.